The summed E-state index contributed by atoms with van der Waals surface area (Å²) in [6, 6.07) is 6.96. The van der Waals surface area contributed by atoms with Crippen LogP contribution in [0.5, 0.6) is 0 Å². The standard InChI is InChI=1S/C23H27N3O6S3/c1-13(2)9-10-23(3)16-8-6-5-7-15(16)18(27)17(20(23)28)21-25-22-19(35(31,32)26-21)14(12-33-22)11-24-34(4,29)30/h5-8,12-13,17,24H,9-11H2,1-4H3,(H,25,26)/t17?,23-/m1/s1. The molecule has 0 amide bonds. The first-order valence-electron chi connectivity index (χ1n) is 11.1. The molecule has 2 atom stereocenters. The number of benzene rings is 1. The van der Waals surface area contributed by atoms with E-state index in [1.165, 1.54) is 5.38 Å². The number of carbonyl (C=O) groups is 2. The van der Waals surface area contributed by atoms with Crippen LogP contribution in [0, 0.1) is 11.8 Å². The van der Waals surface area contributed by atoms with Crippen molar-refractivity contribution >= 4 is 53.8 Å². The highest BCUT2D eigenvalue weighted by Crippen LogP contribution is 2.44. The summed E-state index contributed by atoms with van der Waals surface area (Å²) in [7, 11) is -7.83. The van der Waals surface area contributed by atoms with Crippen LogP contribution in [-0.2, 0) is 36.8 Å². The number of fused-ring (bicyclic) bond motifs is 2. The minimum Gasteiger partial charge on any atom is -0.333 e. The number of nitrogens with one attached hydrogen (secondary N) is 2. The quantitative estimate of drug-likeness (QED) is 0.518. The predicted molar refractivity (Wildman–Crippen MR) is 135 cm³/mol. The lowest BCUT2D eigenvalue weighted by Crippen LogP contribution is -2.51. The van der Waals surface area contributed by atoms with Gasteiger partial charge in [0.2, 0.25) is 10.0 Å². The molecule has 1 aliphatic heterocycles. The molecule has 2 aromatic rings. The molecule has 2 aliphatic rings. The summed E-state index contributed by atoms with van der Waals surface area (Å²) in [5.41, 5.74) is 0.296. The Hall–Kier alpha value is -2.41. The minimum absolute atomic E-state index is 0.152. The Morgan fingerprint density at radius 1 is 1.23 bits per heavy atom. The van der Waals surface area contributed by atoms with Crippen molar-refractivity contribution in [2.45, 2.75) is 50.5 Å². The average Bonchev–Trinajstić information content (AvgIpc) is 3.18. The van der Waals surface area contributed by atoms with Crippen molar-refractivity contribution in [3.8, 4) is 0 Å². The molecular weight excluding hydrogens is 510 g/mol. The Balaban J connectivity index is 1.77. The molecule has 35 heavy (non-hydrogen) atoms. The van der Waals surface area contributed by atoms with Crippen LogP contribution in [0.15, 0.2) is 38.9 Å². The Morgan fingerprint density at radius 2 is 1.91 bits per heavy atom. The number of rotatable bonds is 7. The molecular formula is C23H27N3O6S3. The Labute approximate surface area is 209 Å². The van der Waals surface area contributed by atoms with Gasteiger partial charge >= 0.3 is 0 Å². The molecule has 0 fully saturated rings. The van der Waals surface area contributed by atoms with Crippen molar-refractivity contribution in [1.82, 2.24) is 4.72 Å². The fraction of sp³-hybridized carbons (Fsp3) is 0.435. The van der Waals surface area contributed by atoms with Crippen LogP contribution in [0.2, 0.25) is 0 Å². The van der Waals surface area contributed by atoms with E-state index in [-0.39, 0.29) is 33.6 Å². The van der Waals surface area contributed by atoms with Gasteiger partial charge in [-0.2, -0.15) is 8.42 Å². The highest BCUT2D eigenvalue weighted by molar-refractivity contribution is 7.91. The molecule has 2 heterocycles. The molecule has 0 spiro atoms. The van der Waals surface area contributed by atoms with Crippen molar-refractivity contribution in [2.75, 3.05) is 11.6 Å². The summed E-state index contributed by atoms with van der Waals surface area (Å²) in [5, 5.41) is 4.61. The summed E-state index contributed by atoms with van der Waals surface area (Å²) >= 11 is 1.05. The molecule has 9 nitrogen and oxygen atoms in total. The van der Waals surface area contributed by atoms with Gasteiger partial charge in [0.25, 0.3) is 10.0 Å². The van der Waals surface area contributed by atoms with Gasteiger partial charge < -0.3 is 5.32 Å². The third-order valence-electron chi connectivity index (χ3n) is 6.41. The SMILES string of the molecule is CC(C)CC[C@@]1(C)C(=O)C(C2=NS(=O)(=O)c3c(CNS(C)(=O)=O)csc3N2)C(=O)c2ccccc21. The first-order chi connectivity index (χ1) is 16.2. The van der Waals surface area contributed by atoms with Gasteiger partial charge in [-0.05, 0) is 36.6 Å². The minimum atomic E-state index is -4.29. The molecule has 1 aromatic heterocycles. The van der Waals surface area contributed by atoms with Crippen molar-refractivity contribution in [3.05, 3.63) is 46.3 Å². The number of sulfonamides is 2. The second-order valence-electron chi connectivity index (χ2n) is 9.56. The van der Waals surface area contributed by atoms with Gasteiger partial charge in [0.1, 0.15) is 21.7 Å². The molecule has 0 saturated carbocycles. The van der Waals surface area contributed by atoms with Gasteiger partial charge in [0.05, 0.1) is 11.7 Å². The van der Waals surface area contributed by atoms with Gasteiger partial charge in [0, 0.05) is 17.7 Å². The molecule has 0 bridgehead atoms. The van der Waals surface area contributed by atoms with Crippen molar-refractivity contribution < 1.29 is 26.4 Å². The van der Waals surface area contributed by atoms with Crippen molar-refractivity contribution in [3.63, 3.8) is 0 Å². The molecule has 0 radical (unpaired) electrons. The molecule has 188 valence electrons. The Morgan fingerprint density at radius 3 is 2.57 bits per heavy atom. The lowest BCUT2D eigenvalue weighted by molar-refractivity contribution is -0.125. The Bertz CT molecular complexity index is 1460. The van der Waals surface area contributed by atoms with Gasteiger partial charge in [-0.1, -0.05) is 38.1 Å². The average molecular weight is 538 g/mol. The van der Waals surface area contributed by atoms with Crippen LogP contribution in [0.4, 0.5) is 5.00 Å². The van der Waals surface area contributed by atoms with Crippen LogP contribution in [0.25, 0.3) is 0 Å². The smallest absolute Gasteiger partial charge is 0.287 e. The van der Waals surface area contributed by atoms with Crippen molar-refractivity contribution in [1.29, 1.82) is 0 Å². The van der Waals surface area contributed by atoms with Gasteiger partial charge in [-0.3, -0.25) is 9.59 Å². The molecule has 1 unspecified atom stereocenters. The van der Waals surface area contributed by atoms with Crippen LogP contribution < -0.4 is 10.0 Å². The molecule has 2 N–H and O–H groups in total. The van der Waals surface area contributed by atoms with Crippen molar-refractivity contribution in [2.24, 2.45) is 16.2 Å². The maximum atomic E-state index is 13.9. The number of Topliss-reactive ketones (excluding diaryl/α,β-unsaturated/α-hetero) is 2. The van der Waals surface area contributed by atoms with E-state index in [0.29, 0.717) is 23.5 Å². The lowest BCUT2D eigenvalue weighted by atomic mass is 9.63. The predicted octanol–water partition coefficient (Wildman–Crippen LogP) is 3.09. The van der Waals surface area contributed by atoms with E-state index >= 15 is 0 Å². The lowest BCUT2D eigenvalue weighted by Gasteiger charge is -2.38. The third-order valence-corrected chi connectivity index (χ3v) is 9.57. The number of amidine groups is 1. The monoisotopic (exact) mass is 537 g/mol. The maximum Gasteiger partial charge on any atom is 0.287 e. The van der Waals surface area contributed by atoms with Crippen LogP contribution in [0.1, 0.15) is 55.1 Å². The van der Waals surface area contributed by atoms with E-state index in [9.17, 15) is 26.4 Å². The maximum absolute atomic E-state index is 13.9. The summed E-state index contributed by atoms with van der Waals surface area (Å²) in [4.78, 5) is 27.2. The summed E-state index contributed by atoms with van der Waals surface area (Å²) in [6.45, 7) is 5.69. The summed E-state index contributed by atoms with van der Waals surface area (Å²) in [6.07, 6.45) is 2.24. The summed E-state index contributed by atoms with van der Waals surface area (Å²) in [5.74, 6) is -2.15. The second-order valence-corrected chi connectivity index (χ2v) is 13.8. The number of hydrogen-bond acceptors (Lipinski definition) is 8. The topological polar surface area (TPSA) is 139 Å². The second kappa shape index (κ2) is 8.91. The Kier molecular flexibility index (Phi) is 6.54. The van der Waals surface area contributed by atoms with Gasteiger partial charge in [-0.15, -0.1) is 15.7 Å². The van der Waals surface area contributed by atoms with Gasteiger partial charge in [-0.25, -0.2) is 13.1 Å². The van der Waals surface area contributed by atoms with E-state index in [2.05, 4.69) is 28.3 Å². The molecule has 12 heteroatoms. The van der Waals surface area contributed by atoms with E-state index in [1.807, 2.05) is 0 Å². The molecule has 4 rings (SSSR count). The van der Waals surface area contributed by atoms with E-state index in [4.69, 9.17) is 0 Å². The van der Waals surface area contributed by atoms with E-state index in [0.717, 1.165) is 24.0 Å². The number of nitrogens with zero attached hydrogens (tertiary/aromatic N) is 1. The summed E-state index contributed by atoms with van der Waals surface area (Å²) < 4.78 is 55.4. The van der Waals surface area contributed by atoms with Crippen LogP contribution in [0.3, 0.4) is 0 Å². The number of ketones is 2. The largest absolute Gasteiger partial charge is 0.333 e. The van der Waals surface area contributed by atoms with E-state index in [1.54, 1.807) is 31.2 Å². The number of hydrogen-bond donors (Lipinski definition) is 2. The van der Waals surface area contributed by atoms with Crippen LogP contribution >= 0.6 is 11.3 Å². The van der Waals surface area contributed by atoms with Gasteiger partial charge in [0.15, 0.2) is 11.6 Å². The zero-order chi connectivity index (χ0) is 25.8. The first kappa shape index (κ1) is 25.7. The highest BCUT2D eigenvalue weighted by Gasteiger charge is 2.51. The van der Waals surface area contributed by atoms with Crippen LogP contribution in [-0.4, -0.2) is 40.5 Å². The zero-order valence-corrected chi connectivity index (χ0v) is 22.2. The number of anilines is 1. The fourth-order valence-corrected chi connectivity index (χ4v) is 7.57. The molecule has 1 aromatic carbocycles. The molecule has 1 aliphatic carbocycles. The molecule has 0 saturated heterocycles. The fourth-order valence-electron chi connectivity index (χ4n) is 4.51. The van der Waals surface area contributed by atoms with E-state index < -0.39 is 37.2 Å². The first-order valence-corrected chi connectivity index (χ1v) is 15.3. The zero-order valence-electron chi connectivity index (χ0n) is 19.8. The third kappa shape index (κ3) is 4.72. The highest BCUT2D eigenvalue weighted by atomic mass is 32.2. The number of thiophene rings is 1. The normalized spacial score (nSPS) is 23.5. The number of carbonyl (C=O) groups excluding carboxylic acids is 2.